The van der Waals surface area contributed by atoms with Crippen LogP contribution in [0.1, 0.15) is 32.7 Å². The molecule has 0 bridgehead atoms. The van der Waals surface area contributed by atoms with Crippen LogP contribution in [0.15, 0.2) is 84.9 Å². The minimum atomic E-state index is -0.902. The highest BCUT2D eigenvalue weighted by Crippen LogP contribution is 2.24. The van der Waals surface area contributed by atoms with E-state index in [1.165, 1.54) is 18.2 Å². The van der Waals surface area contributed by atoms with Gasteiger partial charge in [0.15, 0.2) is 0 Å². The fourth-order valence-corrected chi connectivity index (χ4v) is 3.61. The quantitative estimate of drug-likeness (QED) is 0.291. The number of carboxylic acid groups (broad SMARTS) is 1. The summed E-state index contributed by atoms with van der Waals surface area (Å²) in [5.41, 5.74) is 2.01. The Bertz CT molecular complexity index is 1400. The lowest BCUT2D eigenvalue weighted by Crippen LogP contribution is -2.18. The number of fused-ring (bicyclic) bond motifs is 1. The number of amides is 2. The predicted molar refractivity (Wildman–Crippen MR) is 130 cm³/mol. The van der Waals surface area contributed by atoms with E-state index < -0.39 is 11.9 Å². The van der Waals surface area contributed by atoms with E-state index in [0.29, 0.717) is 17.7 Å². The van der Waals surface area contributed by atoms with Gasteiger partial charge in [-0.3, -0.25) is 14.4 Å². The molecule has 0 aromatic heterocycles. The molecule has 7 nitrogen and oxygen atoms in total. The van der Waals surface area contributed by atoms with Crippen LogP contribution in [-0.4, -0.2) is 28.0 Å². The summed E-state index contributed by atoms with van der Waals surface area (Å²) in [5.74, 6) is -1.94. The summed E-state index contributed by atoms with van der Waals surface area (Å²) in [6.07, 6.45) is 0.313. The number of hydrogen-bond acceptors (Lipinski definition) is 4. The molecule has 2 amide bonds. The second-order valence-corrected chi connectivity index (χ2v) is 7.79. The number of aryl methyl sites for hydroxylation is 1. The summed E-state index contributed by atoms with van der Waals surface area (Å²) in [4.78, 5) is 36.7. The van der Waals surface area contributed by atoms with Gasteiger partial charge in [-0.1, -0.05) is 42.5 Å². The Kier molecular flexibility index (Phi) is 6.54. The Morgan fingerprint density at radius 2 is 1.53 bits per heavy atom. The van der Waals surface area contributed by atoms with Crippen molar-refractivity contribution in [1.82, 2.24) is 0 Å². The van der Waals surface area contributed by atoms with Crippen LogP contribution in [0.2, 0.25) is 0 Å². The van der Waals surface area contributed by atoms with Crippen LogP contribution in [-0.2, 0) is 11.2 Å². The average molecular weight is 454 g/mol. The first-order valence-corrected chi connectivity index (χ1v) is 10.6. The Morgan fingerprint density at radius 1 is 0.735 bits per heavy atom. The van der Waals surface area contributed by atoms with Crippen molar-refractivity contribution in [2.24, 2.45) is 0 Å². The third-order valence-corrected chi connectivity index (χ3v) is 5.32. The minimum Gasteiger partial charge on any atom is -0.508 e. The van der Waals surface area contributed by atoms with Crippen LogP contribution < -0.4 is 10.6 Å². The van der Waals surface area contributed by atoms with Crippen LogP contribution in [0.4, 0.5) is 11.4 Å². The van der Waals surface area contributed by atoms with Crippen LogP contribution in [0.25, 0.3) is 10.8 Å². The molecule has 0 fully saturated rings. The first-order chi connectivity index (χ1) is 16.4. The van der Waals surface area contributed by atoms with Crippen LogP contribution in [0.5, 0.6) is 5.75 Å². The van der Waals surface area contributed by atoms with Gasteiger partial charge in [-0.15, -0.1) is 0 Å². The molecule has 0 aliphatic heterocycles. The summed E-state index contributed by atoms with van der Waals surface area (Å²) in [6, 6.07) is 24.0. The zero-order chi connectivity index (χ0) is 24.1. The first-order valence-electron chi connectivity index (χ1n) is 10.6. The van der Waals surface area contributed by atoms with Crippen molar-refractivity contribution in [2.45, 2.75) is 12.8 Å². The molecule has 0 heterocycles. The van der Waals surface area contributed by atoms with E-state index in [0.717, 1.165) is 16.3 Å². The van der Waals surface area contributed by atoms with Gasteiger partial charge < -0.3 is 20.8 Å². The van der Waals surface area contributed by atoms with Crippen molar-refractivity contribution in [3.8, 4) is 5.75 Å². The normalized spacial score (nSPS) is 10.6. The van der Waals surface area contributed by atoms with Gasteiger partial charge in [-0.2, -0.15) is 0 Å². The molecule has 4 aromatic rings. The summed E-state index contributed by atoms with van der Waals surface area (Å²) in [6.45, 7) is 0. The number of rotatable bonds is 7. The zero-order valence-electron chi connectivity index (χ0n) is 18.1. The Hall–Kier alpha value is -4.65. The van der Waals surface area contributed by atoms with Gasteiger partial charge in [0.25, 0.3) is 11.8 Å². The van der Waals surface area contributed by atoms with E-state index in [1.807, 2.05) is 30.3 Å². The Labute approximate surface area is 195 Å². The molecule has 0 aliphatic carbocycles. The summed E-state index contributed by atoms with van der Waals surface area (Å²) in [5, 5.41) is 26.2. The number of carbonyl (C=O) groups is 3. The zero-order valence-corrected chi connectivity index (χ0v) is 18.1. The highest BCUT2D eigenvalue weighted by Gasteiger charge is 2.16. The van der Waals surface area contributed by atoms with Crippen LogP contribution in [0, 0.1) is 0 Å². The van der Waals surface area contributed by atoms with Crippen molar-refractivity contribution >= 4 is 39.9 Å². The Morgan fingerprint density at radius 3 is 2.32 bits per heavy atom. The second kappa shape index (κ2) is 9.87. The van der Waals surface area contributed by atoms with E-state index in [4.69, 9.17) is 5.11 Å². The van der Waals surface area contributed by atoms with Gasteiger partial charge in [-0.05, 0) is 65.2 Å². The lowest BCUT2D eigenvalue weighted by Gasteiger charge is -2.13. The molecular formula is C27H22N2O5. The second-order valence-electron chi connectivity index (χ2n) is 7.79. The lowest BCUT2D eigenvalue weighted by molar-refractivity contribution is -0.136. The van der Waals surface area contributed by atoms with Crippen molar-refractivity contribution in [2.75, 3.05) is 10.6 Å². The molecule has 170 valence electrons. The molecule has 4 N–H and O–H groups in total. The van der Waals surface area contributed by atoms with E-state index in [9.17, 15) is 19.5 Å². The third kappa shape index (κ3) is 5.39. The van der Waals surface area contributed by atoms with E-state index >= 15 is 0 Å². The summed E-state index contributed by atoms with van der Waals surface area (Å²) < 4.78 is 0. The largest absolute Gasteiger partial charge is 0.508 e. The van der Waals surface area contributed by atoms with Crippen molar-refractivity contribution in [3.63, 3.8) is 0 Å². The molecule has 0 saturated carbocycles. The molecule has 4 aromatic carbocycles. The number of aromatic hydroxyl groups is 1. The van der Waals surface area contributed by atoms with Crippen molar-refractivity contribution in [3.05, 3.63) is 102 Å². The highest BCUT2D eigenvalue weighted by molar-refractivity contribution is 6.13. The SMILES string of the molecule is O=C(O)CCc1cccc(NC(=O)c2cc(O)ccc2NC(=O)c2ccc3ccccc3c2)c1. The van der Waals surface area contributed by atoms with Crippen molar-refractivity contribution in [1.29, 1.82) is 0 Å². The van der Waals surface area contributed by atoms with Gasteiger partial charge in [0.2, 0.25) is 0 Å². The van der Waals surface area contributed by atoms with Gasteiger partial charge in [-0.25, -0.2) is 0 Å². The standard InChI is InChI=1S/C27H22N2O5/c30-22-11-12-24(29-26(33)20-10-9-18-5-1-2-6-19(18)15-20)23(16-22)27(34)28-21-7-3-4-17(14-21)8-13-25(31)32/h1-7,9-12,14-16,30H,8,13H2,(H,28,34)(H,29,33)(H,31,32). The van der Waals surface area contributed by atoms with E-state index in [2.05, 4.69) is 10.6 Å². The first kappa shape index (κ1) is 22.5. The maximum atomic E-state index is 13.0. The summed E-state index contributed by atoms with van der Waals surface area (Å²) in [7, 11) is 0. The molecule has 0 aliphatic rings. The topological polar surface area (TPSA) is 116 Å². The number of carbonyl (C=O) groups excluding carboxylic acids is 2. The van der Waals surface area contributed by atoms with E-state index in [-0.39, 0.29) is 29.3 Å². The lowest BCUT2D eigenvalue weighted by atomic mass is 10.1. The molecule has 0 saturated heterocycles. The number of phenolic OH excluding ortho intramolecular Hbond substituents is 1. The fourth-order valence-electron chi connectivity index (χ4n) is 3.61. The maximum absolute atomic E-state index is 13.0. The van der Waals surface area contributed by atoms with Gasteiger partial charge >= 0.3 is 5.97 Å². The number of hydrogen-bond donors (Lipinski definition) is 4. The molecule has 4 rings (SSSR count). The van der Waals surface area contributed by atoms with Crippen LogP contribution in [0.3, 0.4) is 0 Å². The predicted octanol–water partition coefficient (Wildman–Crippen LogP) is 5.07. The summed E-state index contributed by atoms with van der Waals surface area (Å²) >= 11 is 0. The van der Waals surface area contributed by atoms with Gasteiger partial charge in [0, 0.05) is 17.7 Å². The number of phenols is 1. The number of carboxylic acids is 1. The average Bonchev–Trinajstić information content (AvgIpc) is 2.83. The number of benzene rings is 4. The minimum absolute atomic E-state index is 0.0189. The molecular weight excluding hydrogens is 432 g/mol. The molecule has 0 unspecified atom stereocenters. The van der Waals surface area contributed by atoms with Crippen LogP contribution >= 0.6 is 0 Å². The smallest absolute Gasteiger partial charge is 0.303 e. The third-order valence-electron chi connectivity index (χ3n) is 5.32. The molecule has 0 radical (unpaired) electrons. The van der Waals surface area contributed by atoms with Gasteiger partial charge in [0.05, 0.1) is 11.3 Å². The molecule has 0 atom stereocenters. The monoisotopic (exact) mass is 454 g/mol. The maximum Gasteiger partial charge on any atom is 0.303 e. The number of nitrogens with one attached hydrogen (secondary N) is 2. The molecule has 34 heavy (non-hydrogen) atoms. The van der Waals surface area contributed by atoms with Crippen molar-refractivity contribution < 1.29 is 24.6 Å². The van der Waals surface area contributed by atoms with Gasteiger partial charge in [0.1, 0.15) is 5.75 Å². The molecule has 7 heteroatoms. The fraction of sp³-hybridized carbons (Fsp3) is 0.0741. The van der Waals surface area contributed by atoms with E-state index in [1.54, 1.807) is 36.4 Å². The highest BCUT2D eigenvalue weighted by atomic mass is 16.4. The number of aliphatic carboxylic acids is 1. The molecule has 0 spiro atoms. The number of anilines is 2. The Balaban J connectivity index is 1.54.